The predicted molar refractivity (Wildman–Crippen MR) is 90.3 cm³/mol. The quantitative estimate of drug-likeness (QED) is 0.802. The fraction of sp³-hybridized carbons (Fsp3) is 0.533. The summed E-state index contributed by atoms with van der Waals surface area (Å²) in [5.41, 5.74) is 6.73. The largest absolute Gasteiger partial charge is 0.338 e. The first-order valence-electron chi connectivity index (χ1n) is 6.70. The molecular weight excluding hydrogens is 292 g/mol. The third kappa shape index (κ3) is 6.64. The van der Waals surface area contributed by atoms with E-state index >= 15 is 0 Å². The van der Waals surface area contributed by atoms with Crippen molar-refractivity contribution in [3.8, 4) is 0 Å². The summed E-state index contributed by atoms with van der Waals surface area (Å²) in [5.74, 6) is 1.16. The molecule has 5 heteroatoms. The lowest BCUT2D eigenvalue weighted by molar-refractivity contribution is -0.135. The smallest absolute Gasteiger partial charge is 0.226 e. The highest BCUT2D eigenvalue weighted by Gasteiger charge is 2.19. The number of halogens is 1. The normalized spacial score (nSPS) is 11.6. The van der Waals surface area contributed by atoms with Gasteiger partial charge in [0.05, 0.1) is 0 Å². The summed E-state index contributed by atoms with van der Waals surface area (Å²) in [7, 11) is 0. The van der Waals surface area contributed by atoms with Gasteiger partial charge in [0.25, 0.3) is 0 Å². The number of hydrogen-bond acceptors (Lipinski definition) is 3. The first-order valence-corrected chi connectivity index (χ1v) is 8.10. The molecule has 0 aliphatic rings. The Bertz CT molecular complexity index is 375. The summed E-state index contributed by atoms with van der Waals surface area (Å²) < 4.78 is 0. The van der Waals surface area contributed by atoms with E-state index in [1.54, 1.807) is 11.8 Å². The van der Waals surface area contributed by atoms with Crippen molar-refractivity contribution in [3.63, 3.8) is 0 Å². The summed E-state index contributed by atoms with van der Waals surface area (Å²) >= 11 is 1.71. The van der Waals surface area contributed by atoms with Gasteiger partial charge in [-0.3, -0.25) is 4.79 Å². The van der Waals surface area contributed by atoms with Crippen LogP contribution in [0.15, 0.2) is 30.3 Å². The van der Waals surface area contributed by atoms with Crippen LogP contribution in [0.5, 0.6) is 0 Å². The van der Waals surface area contributed by atoms with Crippen molar-refractivity contribution in [1.82, 2.24) is 4.90 Å². The van der Waals surface area contributed by atoms with E-state index < -0.39 is 0 Å². The number of rotatable bonds is 8. The van der Waals surface area contributed by atoms with Crippen LogP contribution in [0.4, 0.5) is 0 Å². The van der Waals surface area contributed by atoms with Crippen LogP contribution in [0.3, 0.4) is 0 Å². The maximum Gasteiger partial charge on any atom is 0.226 e. The number of thioether (sulfide) groups is 1. The van der Waals surface area contributed by atoms with Crippen LogP contribution in [0.2, 0.25) is 0 Å². The molecule has 3 nitrogen and oxygen atoms in total. The van der Waals surface area contributed by atoms with Crippen LogP contribution < -0.4 is 5.73 Å². The number of carbonyl (C=O) groups is 1. The van der Waals surface area contributed by atoms with Gasteiger partial charge in [-0.2, -0.15) is 11.8 Å². The van der Waals surface area contributed by atoms with E-state index in [4.69, 9.17) is 5.73 Å². The van der Waals surface area contributed by atoms with Gasteiger partial charge in [-0.05, 0) is 24.8 Å². The molecule has 1 amide bonds. The van der Waals surface area contributed by atoms with Gasteiger partial charge < -0.3 is 10.6 Å². The summed E-state index contributed by atoms with van der Waals surface area (Å²) in [6.07, 6.45) is 2.88. The second-order valence-corrected chi connectivity index (χ2v) is 5.65. The van der Waals surface area contributed by atoms with Crippen LogP contribution in [0.1, 0.15) is 18.9 Å². The lowest BCUT2D eigenvalue weighted by Crippen LogP contribution is -2.37. The molecule has 0 saturated carbocycles. The Balaban J connectivity index is 0.00000361. The number of hydrogen-bond donors (Lipinski definition) is 1. The molecule has 1 aromatic carbocycles. The molecule has 0 bridgehead atoms. The van der Waals surface area contributed by atoms with E-state index in [2.05, 4.69) is 12.1 Å². The van der Waals surface area contributed by atoms with Crippen molar-refractivity contribution in [3.05, 3.63) is 35.9 Å². The molecule has 1 rings (SSSR count). The highest BCUT2D eigenvalue weighted by atomic mass is 35.5. The van der Waals surface area contributed by atoms with Crippen molar-refractivity contribution in [1.29, 1.82) is 0 Å². The molecule has 0 saturated heterocycles. The molecule has 0 aliphatic carbocycles. The van der Waals surface area contributed by atoms with Crippen LogP contribution in [-0.4, -0.2) is 35.9 Å². The minimum Gasteiger partial charge on any atom is -0.338 e. The molecular formula is C15H25ClN2OS. The molecule has 0 aliphatic heterocycles. The Labute approximate surface area is 132 Å². The molecule has 1 unspecified atom stereocenters. The van der Waals surface area contributed by atoms with Gasteiger partial charge in [0.15, 0.2) is 0 Å². The average Bonchev–Trinajstić information content (AvgIpc) is 2.44. The molecule has 114 valence electrons. The van der Waals surface area contributed by atoms with E-state index in [1.165, 1.54) is 5.56 Å². The van der Waals surface area contributed by atoms with Crippen molar-refractivity contribution < 1.29 is 4.79 Å². The second-order valence-electron chi connectivity index (χ2n) is 4.74. The Morgan fingerprint density at radius 3 is 2.55 bits per heavy atom. The molecule has 0 radical (unpaired) electrons. The molecule has 20 heavy (non-hydrogen) atoms. The van der Waals surface area contributed by atoms with Gasteiger partial charge in [-0.1, -0.05) is 37.3 Å². The summed E-state index contributed by atoms with van der Waals surface area (Å²) in [6.45, 7) is 4.04. The minimum absolute atomic E-state index is 0. The molecule has 1 aromatic rings. The zero-order valence-electron chi connectivity index (χ0n) is 12.2. The maximum atomic E-state index is 12.4. The Kier molecular flexibility index (Phi) is 10.6. The first kappa shape index (κ1) is 19.3. The van der Waals surface area contributed by atoms with Crippen molar-refractivity contribution in [2.45, 2.75) is 19.9 Å². The highest BCUT2D eigenvalue weighted by molar-refractivity contribution is 7.98. The fourth-order valence-electron chi connectivity index (χ4n) is 1.99. The molecule has 0 aromatic heterocycles. The van der Waals surface area contributed by atoms with Gasteiger partial charge in [-0.15, -0.1) is 12.4 Å². The Morgan fingerprint density at radius 1 is 1.35 bits per heavy atom. The van der Waals surface area contributed by atoms with Crippen LogP contribution in [0.25, 0.3) is 0 Å². The summed E-state index contributed by atoms with van der Waals surface area (Å²) in [4.78, 5) is 14.3. The van der Waals surface area contributed by atoms with Crippen LogP contribution >= 0.6 is 24.2 Å². The van der Waals surface area contributed by atoms with E-state index in [9.17, 15) is 4.79 Å². The number of nitrogens with two attached hydrogens (primary N) is 1. The Morgan fingerprint density at radius 2 is 2.00 bits per heavy atom. The summed E-state index contributed by atoms with van der Waals surface area (Å²) in [5, 5.41) is 0. The van der Waals surface area contributed by atoms with Crippen molar-refractivity contribution in [2.24, 2.45) is 11.7 Å². The van der Waals surface area contributed by atoms with E-state index in [0.717, 1.165) is 18.7 Å². The number of benzene rings is 1. The minimum atomic E-state index is 0. The lowest BCUT2D eigenvalue weighted by atomic mass is 10.1. The molecule has 2 N–H and O–H groups in total. The van der Waals surface area contributed by atoms with Gasteiger partial charge in [0.1, 0.15) is 0 Å². The fourth-order valence-corrected chi connectivity index (χ4v) is 2.63. The van der Waals surface area contributed by atoms with Gasteiger partial charge in [0, 0.05) is 24.8 Å². The number of amides is 1. The van der Waals surface area contributed by atoms with E-state index in [1.807, 2.05) is 36.3 Å². The van der Waals surface area contributed by atoms with Crippen LogP contribution in [-0.2, 0) is 11.3 Å². The topological polar surface area (TPSA) is 46.3 Å². The SMILES string of the molecule is CSCC(C)C(=O)N(CCCN)Cc1ccccc1.Cl. The molecule has 1 atom stereocenters. The maximum absolute atomic E-state index is 12.4. The van der Waals surface area contributed by atoms with Gasteiger partial charge >= 0.3 is 0 Å². The third-order valence-electron chi connectivity index (χ3n) is 3.00. The monoisotopic (exact) mass is 316 g/mol. The highest BCUT2D eigenvalue weighted by Crippen LogP contribution is 2.12. The molecule has 0 spiro atoms. The second kappa shape index (κ2) is 11.0. The number of nitrogens with zero attached hydrogens (tertiary/aromatic N) is 1. The van der Waals surface area contributed by atoms with E-state index in [0.29, 0.717) is 13.1 Å². The zero-order valence-corrected chi connectivity index (χ0v) is 13.9. The standard InChI is InChI=1S/C15H24N2OS.ClH/c1-13(12-19-2)15(18)17(10-6-9-16)11-14-7-4-3-5-8-14;/h3-5,7-8,13H,6,9-12,16H2,1-2H3;1H. The predicted octanol–water partition coefficient (Wildman–Crippen LogP) is 2.78. The zero-order chi connectivity index (χ0) is 14.1. The summed E-state index contributed by atoms with van der Waals surface area (Å²) in [6, 6.07) is 10.1. The van der Waals surface area contributed by atoms with Crippen molar-refractivity contribution >= 4 is 30.1 Å². The first-order chi connectivity index (χ1) is 9.19. The van der Waals surface area contributed by atoms with Gasteiger partial charge in [0.2, 0.25) is 5.91 Å². The van der Waals surface area contributed by atoms with Gasteiger partial charge in [-0.25, -0.2) is 0 Å². The lowest BCUT2D eigenvalue weighted by Gasteiger charge is -2.25. The Hall–Kier alpha value is -0.710. The number of carbonyl (C=O) groups excluding carboxylic acids is 1. The molecule has 0 fully saturated rings. The van der Waals surface area contributed by atoms with Crippen LogP contribution in [0, 0.1) is 5.92 Å². The average molecular weight is 317 g/mol. The van der Waals surface area contributed by atoms with E-state index in [-0.39, 0.29) is 24.2 Å². The van der Waals surface area contributed by atoms with Crippen molar-refractivity contribution in [2.75, 3.05) is 25.1 Å². The molecule has 0 heterocycles. The third-order valence-corrected chi connectivity index (χ3v) is 3.83.